The summed E-state index contributed by atoms with van der Waals surface area (Å²) in [5, 5.41) is 0. The van der Waals surface area contributed by atoms with E-state index in [1.54, 1.807) is 6.07 Å². The Morgan fingerprint density at radius 1 is 0.852 bits per heavy atom. The maximum Gasteiger partial charge on any atom is 0.336 e. The van der Waals surface area contributed by atoms with Gasteiger partial charge in [0.25, 0.3) is 0 Å². The van der Waals surface area contributed by atoms with E-state index in [-0.39, 0.29) is 0 Å². The molecule has 1 rings (SSSR count). The zero-order chi connectivity index (χ0) is 19.9. The zero-order valence-corrected chi connectivity index (χ0v) is 17.1. The Morgan fingerprint density at radius 2 is 1.44 bits per heavy atom. The standard InChI is InChI=1S/C23H34O4/c1-4-5-6-7-8-9-10-11-12-17-26-22(24)15-16-23(25)27-21-18-19(2)13-14-20(21)3/h13-16,18H,4-12,17H2,1-3H3/b16-15+. The van der Waals surface area contributed by atoms with Crippen LogP contribution in [0.4, 0.5) is 0 Å². The van der Waals surface area contributed by atoms with Crippen molar-refractivity contribution in [1.29, 1.82) is 0 Å². The number of carbonyl (C=O) groups is 2. The number of ether oxygens (including phenoxy) is 2. The van der Waals surface area contributed by atoms with E-state index < -0.39 is 11.9 Å². The Kier molecular flexibility index (Phi) is 11.9. The third-order valence-electron chi connectivity index (χ3n) is 4.40. The van der Waals surface area contributed by atoms with Crippen LogP contribution in [0.15, 0.2) is 30.4 Å². The van der Waals surface area contributed by atoms with Crippen LogP contribution in [0, 0.1) is 13.8 Å². The molecule has 150 valence electrons. The van der Waals surface area contributed by atoms with Gasteiger partial charge in [-0.3, -0.25) is 0 Å². The molecule has 0 amide bonds. The van der Waals surface area contributed by atoms with Crippen molar-refractivity contribution in [1.82, 2.24) is 0 Å². The lowest BCUT2D eigenvalue weighted by molar-refractivity contribution is -0.138. The molecule has 0 aliphatic heterocycles. The van der Waals surface area contributed by atoms with E-state index >= 15 is 0 Å². The Bertz CT molecular complexity index is 604. The van der Waals surface area contributed by atoms with Crippen LogP contribution >= 0.6 is 0 Å². The molecule has 0 unspecified atom stereocenters. The monoisotopic (exact) mass is 374 g/mol. The van der Waals surface area contributed by atoms with Gasteiger partial charge in [-0.25, -0.2) is 9.59 Å². The normalized spacial score (nSPS) is 10.9. The summed E-state index contributed by atoms with van der Waals surface area (Å²) in [4.78, 5) is 23.4. The second-order valence-electron chi connectivity index (χ2n) is 7.02. The molecule has 0 radical (unpaired) electrons. The molecular formula is C23H34O4. The summed E-state index contributed by atoms with van der Waals surface area (Å²) >= 11 is 0. The van der Waals surface area contributed by atoms with E-state index in [9.17, 15) is 9.59 Å². The van der Waals surface area contributed by atoms with E-state index in [2.05, 4.69) is 6.92 Å². The van der Waals surface area contributed by atoms with Crippen molar-refractivity contribution < 1.29 is 19.1 Å². The van der Waals surface area contributed by atoms with Crippen LogP contribution in [0.3, 0.4) is 0 Å². The number of aryl methyl sites for hydroxylation is 2. The highest BCUT2D eigenvalue weighted by molar-refractivity contribution is 5.92. The van der Waals surface area contributed by atoms with Crippen LogP contribution in [0.2, 0.25) is 0 Å². The van der Waals surface area contributed by atoms with Crippen molar-refractivity contribution in [2.75, 3.05) is 6.61 Å². The van der Waals surface area contributed by atoms with Gasteiger partial charge in [0.1, 0.15) is 5.75 Å². The maximum atomic E-state index is 11.8. The van der Waals surface area contributed by atoms with Crippen LogP contribution in [0.25, 0.3) is 0 Å². The second-order valence-corrected chi connectivity index (χ2v) is 7.02. The molecule has 0 aliphatic carbocycles. The van der Waals surface area contributed by atoms with E-state index in [4.69, 9.17) is 9.47 Å². The topological polar surface area (TPSA) is 52.6 Å². The number of benzene rings is 1. The third-order valence-corrected chi connectivity index (χ3v) is 4.40. The van der Waals surface area contributed by atoms with Gasteiger partial charge in [-0.2, -0.15) is 0 Å². The number of unbranched alkanes of at least 4 members (excludes halogenated alkanes) is 8. The van der Waals surface area contributed by atoms with E-state index in [1.807, 2.05) is 26.0 Å². The van der Waals surface area contributed by atoms with Crippen molar-refractivity contribution in [3.05, 3.63) is 41.5 Å². The highest BCUT2D eigenvalue weighted by atomic mass is 16.5. The molecule has 0 spiro atoms. The lowest BCUT2D eigenvalue weighted by Crippen LogP contribution is -2.08. The van der Waals surface area contributed by atoms with Crippen molar-refractivity contribution in [3.63, 3.8) is 0 Å². The average Bonchev–Trinajstić information content (AvgIpc) is 2.64. The molecule has 0 saturated heterocycles. The molecule has 0 aromatic heterocycles. The van der Waals surface area contributed by atoms with Gasteiger partial charge in [-0.05, 0) is 37.5 Å². The molecule has 4 nitrogen and oxygen atoms in total. The first-order valence-corrected chi connectivity index (χ1v) is 10.2. The molecule has 0 saturated carbocycles. The molecule has 4 heteroatoms. The van der Waals surface area contributed by atoms with Crippen LogP contribution in [0.5, 0.6) is 5.75 Å². The van der Waals surface area contributed by atoms with Gasteiger partial charge in [0.05, 0.1) is 6.61 Å². The molecule has 0 heterocycles. The van der Waals surface area contributed by atoms with Gasteiger partial charge < -0.3 is 9.47 Å². The number of hydrogen-bond donors (Lipinski definition) is 0. The highest BCUT2D eigenvalue weighted by Crippen LogP contribution is 2.19. The Balaban J connectivity index is 2.12. The first kappa shape index (κ1) is 22.9. The Labute approximate surface area is 163 Å². The van der Waals surface area contributed by atoms with Gasteiger partial charge >= 0.3 is 11.9 Å². The summed E-state index contributed by atoms with van der Waals surface area (Å²) in [6.07, 6.45) is 13.2. The van der Waals surface area contributed by atoms with Crippen molar-refractivity contribution in [2.24, 2.45) is 0 Å². The minimum absolute atomic E-state index is 0.394. The van der Waals surface area contributed by atoms with Gasteiger partial charge in [0.2, 0.25) is 0 Å². The summed E-state index contributed by atoms with van der Waals surface area (Å²) < 4.78 is 10.4. The molecule has 27 heavy (non-hydrogen) atoms. The molecule has 0 atom stereocenters. The predicted octanol–water partition coefficient (Wildman–Crippen LogP) is 5.84. The Morgan fingerprint density at radius 3 is 2.11 bits per heavy atom. The largest absolute Gasteiger partial charge is 0.463 e. The average molecular weight is 375 g/mol. The number of esters is 2. The molecule has 0 N–H and O–H groups in total. The van der Waals surface area contributed by atoms with Gasteiger partial charge in [0.15, 0.2) is 0 Å². The summed E-state index contributed by atoms with van der Waals surface area (Å²) in [7, 11) is 0. The molecule has 0 bridgehead atoms. The van der Waals surface area contributed by atoms with Crippen LogP contribution in [-0.4, -0.2) is 18.5 Å². The van der Waals surface area contributed by atoms with Gasteiger partial charge in [-0.15, -0.1) is 0 Å². The quantitative estimate of drug-likeness (QED) is 0.188. The van der Waals surface area contributed by atoms with Gasteiger partial charge in [-0.1, -0.05) is 70.4 Å². The molecular weight excluding hydrogens is 340 g/mol. The fourth-order valence-corrected chi connectivity index (χ4v) is 2.73. The summed E-state index contributed by atoms with van der Waals surface area (Å²) in [6, 6.07) is 5.64. The molecule has 0 aliphatic rings. The fraction of sp³-hybridized carbons (Fsp3) is 0.565. The minimum Gasteiger partial charge on any atom is -0.463 e. The summed E-state index contributed by atoms with van der Waals surface area (Å²) in [6.45, 7) is 6.41. The lowest BCUT2D eigenvalue weighted by atomic mass is 10.1. The van der Waals surface area contributed by atoms with E-state index in [1.165, 1.54) is 44.9 Å². The third kappa shape index (κ3) is 11.3. The maximum absolute atomic E-state index is 11.8. The highest BCUT2D eigenvalue weighted by Gasteiger charge is 2.06. The number of rotatable bonds is 13. The number of carbonyl (C=O) groups excluding carboxylic acids is 2. The predicted molar refractivity (Wildman–Crippen MR) is 109 cm³/mol. The fourth-order valence-electron chi connectivity index (χ4n) is 2.73. The van der Waals surface area contributed by atoms with Crippen molar-refractivity contribution in [2.45, 2.75) is 78.6 Å². The van der Waals surface area contributed by atoms with Crippen LogP contribution in [-0.2, 0) is 14.3 Å². The zero-order valence-electron chi connectivity index (χ0n) is 17.1. The molecule has 1 aromatic rings. The SMILES string of the molecule is CCCCCCCCCCCOC(=O)/C=C/C(=O)Oc1cc(C)ccc1C. The minimum atomic E-state index is -0.580. The van der Waals surface area contributed by atoms with Crippen LogP contribution < -0.4 is 4.74 Å². The van der Waals surface area contributed by atoms with Crippen molar-refractivity contribution in [3.8, 4) is 5.75 Å². The van der Waals surface area contributed by atoms with E-state index in [0.29, 0.717) is 12.4 Å². The summed E-state index contributed by atoms with van der Waals surface area (Å²) in [5.41, 5.74) is 1.88. The second kappa shape index (κ2) is 14.0. The first-order valence-electron chi connectivity index (χ1n) is 10.2. The first-order chi connectivity index (χ1) is 13.0. The number of hydrogen-bond acceptors (Lipinski definition) is 4. The smallest absolute Gasteiger partial charge is 0.336 e. The van der Waals surface area contributed by atoms with Crippen molar-refractivity contribution >= 4 is 11.9 Å². The summed E-state index contributed by atoms with van der Waals surface area (Å²) in [5.74, 6) is -0.580. The van der Waals surface area contributed by atoms with Crippen LogP contribution in [0.1, 0.15) is 75.8 Å². The molecule has 1 aromatic carbocycles. The Hall–Kier alpha value is -2.10. The molecule has 0 fully saturated rings. The van der Waals surface area contributed by atoms with E-state index in [0.717, 1.165) is 36.1 Å². The van der Waals surface area contributed by atoms with Gasteiger partial charge in [0, 0.05) is 12.2 Å². The lowest BCUT2D eigenvalue weighted by Gasteiger charge is -2.06.